The van der Waals surface area contributed by atoms with E-state index in [9.17, 15) is 9.59 Å². The van der Waals surface area contributed by atoms with Crippen LogP contribution in [-0.2, 0) is 12.6 Å². The molecule has 0 N–H and O–H groups in total. The largest absolute Gasteiger partial charge is 0.345 e. The van der Waals surface area contributed by atoms with Crippen molar-refractivity contribution in [2.24, 2.45) is 7.05 Å². The van der Waals surface area contributed by atoms with E-state index in [1.165, 1.54) is 25.1 Å². The molecular weight excluding hydrogens is 246 g/mol. The van der Waals surface area contributed by atoms with E-state index >= 15 is 0 Å². The maximum absolute atomic E-state index is 12.1. The molecule has 0 aliphatic carbocycles. The summed E-state index contributed by atoms with van der Waals surface area (Å²) >= 11 is 6.24. The van der Waals surface area contributed by atoms with Crippen LogP contribution < -0.4 is 11.4 Å². The summed E-state index contributed by atoms with van der Waals surface area (Å²) in [4.78, 5) is 24.0. The second-order valence-electron chi connectivity index (χ2n) is 4.39. The van der Waals surface area contributed by atoms with Gasteiger partial charge in [0, 0.05) is 18.8 Å². The van der Waals surface area contributed by atoms with Gasteiger partial charge in [-0.3, -0.25) is 4.57 Å². The van der Waals surface area contributed by atoms with E-state index in [0.717, 1.165) is 0 Å². The predicted octanol–water partition coefficient (Wildman–Crippen LogP) is 0.959. The molecule has 1 heterocycles. The third kappa shape index (κ3) is 2.01. The molecule has 5 nitrogen and oxygen atoms in total. The van der Waals surface area contributed by atoms with Crippen LogP contribution in [0.1, 0.15) is 20.8 Å². The highest BCUT2D eigenvalue weighted by molar-refractivity contribution is 7.97. The van der Waals surface area contributed by atoms with E-state index in [1.807, 2.05) is 20.8 Å². The van der Waals surface area contributed by atoms with Gasteiger partial charge in [0.25, 0.3) is 0 Å². The molecular formula is C9H15N3O2S2. The summed E-state index contributed by atoms with van der Waals surface area (Å²) in [6, 6.07) is 0. The minimum Gasteiger partial charge on any atom is -0.272 e. The van der Waals surface area contributed by atoms with Gasteiger partial charge in [0.1, 0.15) is 0 Å². The first-order chi connectivity index (χ1) is 7.21. The van der Waals surface area contributed by atoms with Gasteiger partial charge in [0.15, 0.2) is 4.77 Å². The summed E-state index contributed by atoms with van der Waals surface area (Å²) in [5.41, 5.74) is -1.33. The van der Waals surface area contributed by atoms with E-state index in [0.29, 0.717) is 0 Å². The molecule has 0 aliphatic rings. The van der Waals surface area contributed by atoms with Gasteiger partial charge in [-0.2, -0.15) is 0 Å². The summed E-state index contributed by atoms with van der Waals surface area (Å²) in [6.45, 7) is 5.43. The van der Waals surface area contributed by atoms with Crippen LogP contribution in [0.5, 0.6) is 0 Å². The van der Waals surface area contributed by atoms with E-state index in [1.54, 1.807) is 13.3 Å². The zero-order valence-electron chi connectivity index (χ0n) is 9.97. The molecule has 1 rings (SSSR count). The maximum atomic E-state index is 12.1. The molecule has 0 radical (unpaired) electrons. The predicted molar refractivity (Wildman–Crippen MR) is 68.7 cm³/mol. The van der Waals surface area contributed by atoms with Gasteiger partial charge < -0.3 is 0 Å². The van der Waals surface area contributed by atoms with Crippen LogP contribution in [0.25, 0.3) is 0 Å². The van der Waals surface area contributed by atoms with Gasteiger partial charge in [0.05, 0.1) is 0 Å². The number of aromatic nitrogens is 3. The smallest absolute Gasteiger partial charge is 0.272 e. The zero-order chi connectivity index (χ0) is 12.7. The van der Waals surface area contributed by atoms with Crippen molar-refractivity contribution < 1.29 is 0 Å². The SMILES string of the molecule is CSn1c(=S)n(C)c(=O)n(C(C)(C)C)c1=O. The highest BCUT2D eigenvalue weighted by atomic mass is 32.2. The maximum Gasteiger partial charge on any atom is 0.345 e. The lowest BCUT2D eigenvalue weighted by molar-refractivity contribution is 0.345. The summed E-state index contributed by atoms with van der Waals surface area (Å²) in [5, 5.41) is 0. The van der Waals surface area contributed by atoms with Crippen molar-refractivity contribution in [3.63, 3.8) is 0 Å². The minimum atomic E-state index is -0.563. The van der Waals surface area contributed by atoms with Crippen LogP contribution in [0.15, 0.2) is 9.59 Å². The number of hydrogen-bond acceptors (Lipinski definition) is 4. The van der Waals surface area contributed by atoms with Gasteiger partial charge in [0.2, 0.25) is 0 Å². The highest BCUT2D eigenvalue weighted by Crippen LogP contribution is 2.08. The molecule has 16 heavy (non-hydrogen) atoms. The van der Waals surface area contributed by atoms with Crippen LogP contribution in [-0.4, -0.2) is 19.4 Å². The minimum absolute atomic E-state index is 0.225. The molecule has 0 aliphatic heterocycles. The van der Waals surface area contributed by atoms with Crippen molar-refractivity contribution in [2.45, 2.75) is 26.3 Å². The second kappa shape index (κ2) is 4.21. The molecule has 0 saturated carbocycles. The Morgan fingerprint density at radius 3 is 2.06 bits per heavy atom. The number of nitrogens with zero attached hydrogens (tertiary/aromatic N) is 3. The van der Waals surface area contributed by atoms with Crippen molar-refractivity contribution in [2.75, 3.05) is 6.26 Å². The van der Waals surface area contributed by atoms with Gasteiger partial charge >= 0.3 is 11.4 Å². The summed E-state index contributed by atoms with van der Waals surface area (Å²) in [5.74, 6) is 0. The molecule has 0 unspecified atom stereocenters. The van der Waals surface area contributed by atoms with Crippen LogP contribution in [0, 0.1) is 4.77 Å². The third-order valence-electron chi connectivity index (χ3n) is 2.16. The average molecular weight is 261 g/mol. The summed E-state index contributed by atoms with van der Waals surface area (Å²) in [6.07, 6.45) is 1.74. The van der Waals surface area contributed by atoms with E-state index in [2.05, 4.69) is 0 Å². The fourth-order valence-corrected chi connectivity index (χ4v) is 2.25. The first-order valence-corrected chi connectivity index (χ1v) is 6.31. The van der Waals surface area contributed by atoms with Gasteiger partial charge in [-0.15, -0.1) is 0 Å². The van der Waals surface area contributed by atoms with Gasteiger partial charge in [-0.25, -0.2) is 18.1 Å². The first kappa shape index (κ1) is 13.2. The molecule has 7 heteroatoms. The number of hydrogen-bond donors (Lipinski definition) is 0. The van der Waals surface area contributed by atoms with Crippen LogP contribution in [0.3, 0.4) is 0 Å². The lowest BCUT2D eigenvalue weighted by Crippen LogP contribution is -2.50. The van der Waals surface area contributed by atoms with E-state index in [4.69, 9.17) is 12.2 Å². The summed E-state index contributed by atoms with van der Waals surface area (Å²) in [7, 11) is 1.57. The molecule has 0 saturated heterocycles. The molecule has 0 fully saturated rings. The molecule has 1 aromatic rings. The molecule has 0 aromatic carbocycles. The Balaban J connectivity index is 3.93. The monoisotopic (exact) mass is 261 g/mol. The molecule has 1 aromatic heterocycles. The molecule has 90 valence electrons. The van der Waals surface area contributed by atoms with Crippen molar-refractivity contribution >= 4 is 24.2 Å². The second-order valence-corrected chi connectivity index (χ2v) is 5.49. The zero-order valence-corrected chi connectivity index (χ0v) is 11.6. The topological polar surface area (TPSA) is 48.9 Å². The highest BCUT2D eigenvalue weighted by Gasteiger charge is 2.21. The van der Waals surface area contributed by atoms with E-state index in [-0.39, 0.29) is 16.2 Å². The lowest BCUT2D eigenvalue weighted by atomic mass is 10.1. The molecule has 0 spiro atoms. The Labute approximate surface area is 103 Å². The fourth-order valence-electron chi connectivity index (χ4n) is 1.35. The van der Waals surface area contributed by atoms with Crippen molar-refractivity contribution in [1.29, 1.82) is 0 Å². The quantitative estimate of drug-likeness (QED) is 0.707. The van der Waals surface area contributed by atoms with Crippen LogP contribution >= 0.6 is 24.2 Å². The molecule has 0 atom stereocenters. The van der Waals surface area contributed by atoms with Gasteiger partial charge in [-0.05, 0) is 44.9 Å². The Morgan fingerprint density at radius 2 is 1.69 bits per heavy atom. The Morgan fingerprint density at radius 1 is 1.19 bits per heavy atom. The average Bonchev–Trinajstić information content (AvgIpc) is 2.13. The normalized spacial score (nSPS) is 11.8. The number of rotatable bonds is 1. The third-order valence-corrected chi connectivity index (χ3v) is 3.42. The Kier molecular flexibility index (Phi) is 3.49. The summed E-state index contributed by atoms with van der Waals surface area (Å²) < 4.78 is 4.07. The standard InChI is InChI=1S/C9H15N3O2S2/c1-9(2,3)11-6(13)10(4)8(15)12(16-5)7(11)14/h1-5H3. The molecule has 0 bridgehead atoms. The fraction of sp³-hybridized carbons (Fsp3) is 0.667. The lowest BCUT2D eigenvalue weighted by Gasteiger charge is -2.22. The van der Waals surface area contributed by atoms with Crippen LogP contribution in [0.2, 0.25) is 0 Å². The molecule has 0 amide bonds. The Bertz CT molecular complexity index is 574. The van der Waals surface area contributed by atoms with Crippen molar-refractivity contribution in [3.05, 3.63) is 25.7 Å². The first-order valence-electron chi connectivity index (χ1n) is 4.72. The Hall–Kier alpha value is -0.820. The van der Waals surface area contributed by atoms with E-state index < -0.39 is 5.54 Å². The van der Waals surface area contributed by atoms with Gasteiger partial charge in [-0.1, -0.05) is 0 Å². The van der Waals surface area contributed by atoms with Crippen molar-refractivity contribution in [1.82, 2.24) is 13.1 Å². The van der Waals surface area contributed by atoms with Crippen LogP contribution in [0.4, 0.5) is 0 Å². The van der Waals surface area contributed by atoms with Crippen molar-refractivity contribution in [3.8, 4) is 0 Å².